The van der Waals surface area contributed by atoms with Gasteiger partial charge in [0.15, 0.2) is 0 Å². The minimum absolute atomic E-state index is 0.138. The number of hydrogen-bond donors (Lipinski definition) is 1. The molecule has 35 heavy (non-hydrogen) atoms. The molecule has 2 aromatic rings. The van der Waals surface area contributed by atoms with Crippen molar-refractivity contribution in [1.82, 2.24) is 10.2 Å². The van der Waals surface area contributed by atoms with Crippen LogP contribution in [-0.2, 0) is 26.2 Å². The second-order valence-corrected chi connectivity index (χ2v) is 11.5. The van der Waals surface area contributed by atoms with Gasteiger partial charge in [-0.2, -0.15) is 0 Å². The van der Waals surface area contributed by atoms with E-state index in [0.717, 1.165) is 20.6 Å². The van der Waals surface area contributed by atoms with Gasteiger partial charge in [-0.1, -0.05) is 54.0 Å². The molecule has 1 unspecified atom stereocenters. The summed E-state index contributed by atoms with van der Waals surface area (Å²) in [6.45, 7) is 7.88. The van der Waals surface area contributed by atoms with E-state index in [4.69, 9.17) is 4.74 Å². The predicted molar refractivity (Wildman–Crippen MR) is 142 cm³/mol. The zero-order chi connectivity index (χ0) is 26.2. The van der Waals surface area contributed by atoms with E-state index in [1.807, 2.05) is 38.1 Å². The molecular formula is C25H34BrN3O5S. The number of anilines is 1. The highest BCUT2D eigenvalue weighted by molar-refractivity contribution is 9.10. The first-order valence-electron chi connectivity index (χ1n) is 11.4. The zero-order valence-corrected chi connectivity index (χ0v) is 23.2. The Balaban J connectivity index is 2.41. The van der Waals surface area contributed by atoms with Gasteiger partial charge < -0.3 is 15.0 Å². The summed E-state index contributed by atoms with van der Waals surface area (Å²) < 4.78 is 32.9. The molecule has 192 valence electrons. The highest BCUT2D eigenvalue weighted by atomic mass is 79.9. The van der Waals surface area contributed by atoms with E-state index in [0.29, 0.717) is 18.9 Å². The van der Waals surface area contributed by atoms with Gasteiger partial charge in [0, 0.05) is 17.6 Å². The Morgan fingerprint density at radius 1 is 1.09 bits per heavy atom. The first-order chi connectivity index (χ1) is 16.4. The van der Waals surface area contributed by atoms with Crippen molar-refractivity contribution >= 4 is 43.5 Å². The summed E-state index contributed by atoms with van der Waals surface area (Å²) in [5, 5.41) is 2.86. The maximum Gasteiger partial charge on any atom is 0.244 e. The first kappa shape index (κ1) is 28.6. The molecule has 0 aliphatic heterocycles. The maximum absolute atomic E-state index is 13.6. The molecule has 0 heterocycles. The van der Waals surface area contributed by atoms with E-state index in [-0.39, 0.29) is 24.1 Å². The summed E-state index contributed by atoms with van der Waals surface area (Å²) in [4.78, 5) is 27.9. The van der Waals surface area contributed by atoms with Gasteiger partial charge in [-0.15, -0.1) is 0 Å². The number of amides is 2. The largest absolute Gasteiger partial charge is 0.492 e. The van der Waals surface area contributed by atoms with Crippen LogP contribution in [0.1, 0.15) is 33.3 Å². The van der Waals surface area contributed by atoms with Crippen LogP contribution in [0.25, 0.3) is 0 Å². The lowest BCUT2D eigenvalue weighted by atomic mass is 10.1. The molecule has 0 saturated heterocycles. The Bertz CT molecular complexity index is 1120. The number of para-hydroxylation sites is 2. The van der Waals surface area contributed by atoms with Crippen molar-refractivity contribution in [3.05, 3.63) is 58.6 Å². The third kappa shape index (κ3) is 8.54. The van der Waals surface area contributed by atoms with Crippen LogP contribution in [-0.4, -0.2) is 57.1 Å². The fourth-order valence-electron chi connectivity index (χ4n) is 3.40. The number of benzene rings is 2. The van der Waals surface area contributed by atoms with Gasteiger partial charge >= 0.3 is 0 Å². The van der Waals surface area contributed by atoms with Gasteiger partial charge in [0.25, 0.3) is 0 Å². The fraction of sp³-hybridized carbons (Fsp3) is 0.440. The molecule has 8 nitrogen and oxygen atoms in total. The number of hydrogen-bond acceptors (Lipinski definition) is 5. The molecule has 0 bridgehead atoms. The Labute approximate surface area is 216 Å². The Morgan fingerprint density at radius 2 is 1.77 bits per heavy atom. The van der Waals surface area contributed by atoms with E-state index in [9.17, 15) is 18.0 Å². The highest BCUT2D eigenvalue weighted by Crippen LogP contribution is 2.30. The number of carbonyl (C=O) groups is 2. The van der Waals surface area contributed by atoms with Gasteiger partial charge in [-0.25, -0.2) is 8.42 Å². The number of halogens is 1. The van der Waals surface area contributed by atoms with Crippen LogP contribution in [0, 0.1) is 5.92 Å². The van der Waals surface area contributed by atoms with Crippen LogP contribution in [0.2, 0.25) is 0 Å². The smallest absolute Gasteiger partial charge is 0.244 e. The monoisotopic (exact) mass is 567 g/mol. The summed E-state index contributed by atoms with van der Waals surface area (Å²) >= 11 is 3.43. The van der Waals surface area contributed by atoms with E-state index in [1.165, 1.54) is 4.90 Å². The van der Waals surface area contributed by atoms with E-state index >= 15 is 0 Å². The third-order valence-electron chi connectivity index (χ3n) is 5.21. The number of carbonyl (C=O) groups excluding carboxylic acids is 2. The van der Waals surface area contributed by atoms with Crippen LogP contribution in [0.5, 0.6) is 5.75 Å². The summed E-state index contributed by atoms with van der Waals surface area (Å²) in [6, 6.07) is 13.3. The molecule has 0 aromatic heterocycles. The molecule has 0 spiro atoms. The molecule has 0 saturated carbocycles. The predicted octanol–water partition coefficient (Wildman–Crippen LogP) is 3.80. The second kappa shape index (κ2) is 12.9. The molecule has 10 heteroatoms. The summed E-state index contributed by atoms with van der Waals surface area (Å²) in [7, 11) is -3.84. The molecule has 0 radical (unpaired) electrons. The second-order valence-electron chi connectivity index (χ2n) is 8.64. The van der Waals surface area contributed by atoms with Crippen molar-refractivity contribution in [2.45, 2.75) is 40.3 Å². The van der Waals surface area contributed by atoms with Crippen LogP contribution >= 0.6 is 15.9 Å². The minimum atomic E-state index is -3.84. The van der Waals surface area contributed by atoms with E-state index in [1.54, 1.807) is 38.1 Å². The van der Waals surface area contributed by atoms with Crippen molar-refractivity contribution in [3.8, 4) is 5.75 Å². The third-order valence-corrected chi connectivity index (χ3v) is 6.83. The molecule has 0 fully saturated rings. The van der Waals surface area contributed by atoms with Crippen molar-refractivity contribution in [3.63, 3.8) is 0 Å². The van der Waals surface area contributed by atoms with Crippen molar-refractivity contribution in [2.24, 2.45) is 5.92 Å². The lowest BCUT2D eigenvalue weighted by molar-refractivity contribution is -0.139. The average Bonchev–Trinajstić information content (AvgIpc) is 2.79. The van der Waals surface area contributed by atoms with Gasteiger partial charge in [0.05, 0.1) is 18.6 Å². The Hall–Kier alpha value is -2.59. The maximum atomic E-state index is 13.6. The van der Waals surface area contributed by atoms with Crippen molar-refractivity contribution < 1.29 is 22.7 Å². The molecule has 1 N–H and O–H groups in total. The Kier molecular flexibility index (Phi) is 10.6. The van der Waals surface area contributed by atoms with Crippen LogP contribution in [0.4, 0.5) is 5.69 Å². The molecular weight excluding hydrogens is 534 g/mol. The number of rotatable bonds is 12. The van der Waals surface area contributed by atoms with E-state index in [2.05, 4.69) is 21.2 Å². The molecule has 2 aromatic carbocycles. The van der Waals surface area contributed by atoms with Crippen LogP contribution in [0.15, 0.2) is 53.0 Å². The average molecular weight is 569 g/mol. The quantitative estimate of drug-likeness (QED) is 0.420. The fourth-order valence-corrected chi connectivity index (χ4v) is 4.70. The standard InChI is InChI=1S/C25H34BrN3O5S/c1-6-34-23-13-8-7-12-22(23)29(35(5,32)33)17-24(30)28(16-20-10-9-11-21(26)14-20)19(4)25(31)27-15-18(2)3/h7-14,18-19H,6,15-17H2,1-5H3,(H,27,31). The van der Waals surface area contributed by atoms with Crippen molar-refractivity contribution in [1.29, 1.82) is 0 Å². The number of ether oxygens (including phenoxy) is 1. The van der Waals surface area contributed by atoms with Crippen molar-refractivity contribution in [2.75, 3.05) is 30.3 Å². The molecule has 2 amide bonds. The molecule has 0 aliphatic rings. The first-order valence-corrected chi connectivity index (χ1v) is 14.1. The zero-order valence-electron chi connectivity index (χ0n) is 20.8. The van der Waals surface area contributed by atoms with Gasteiger partial charge in [0.2, 0.25) is 21.8 Å². The topological polar surface area (TPSA) is 96.0 Å². The van der Waals surface area contributed by atoms with Crippen LogP contribution < -0.4 is 14.4 Å². The molecule has 0 aliphatic carbocycles. The lowest BCUT2D eigenvalue weighted by Gasteiger charge is -2.32. The highest BCUT2D eigenvalue weighted by Gasteiger charge is 2.31. The minimum Gasteiger partial charge on any atom is -0.492 e. The number of sulfonamides is 1. The summed E-state index contributed by atoms with van der Waals surface area (Å²) in [6.07, 6.45) is 1.04. The SMILES string of the molecule is CCOc1ccccc1N(CC(=O)N(Cc1cccc(Br)c1)C(C)C(=O)NCC(C)C)S(C)(=O)=O. The van der Waals surface area contributed by atoms with Gasteiger partial charge in [-0.3, -0.25) is 13.9 Å². The van der Waals surface area contributed by atoms with Gasteiger partial charge in [0.1, 0.15) is 18.3 Å². The van der Waals surface area contributed by atoms with Crippen LogP contribution in [0.3, 0.4) is 0 Å². The summed E-state index contributed by atoms with van der Waals surface area (Å²) in [5.74, 6) is -0.206. The number of nitrogens with one attached hydrogen (secondary N) is 1. The number of nitrogens with zero attached hydrogens (tertiary/aromatic N) is 2. The normalized spacial score (nSPS) is 12.2. The Morgan fingerprint density at radius 3 is 2.37 bits per heavy atom. The van der Waals surface area contributed by atoms with E-state index < -0.39 is 28.5 Å². The van der Waals surface area contributed by atoms with Gasteiger partial charge in [-0.05, 0) is 49.6 Å². The lowest BCUT2D eigenvalue weighted by Crippen LogP contribution is -2.51. The molecule has 1 atom stereocenters. The molecule has 2 rings (SSSR count). The summed E-state index contributed by atoms with van der Waals surface area (Å²) in [5.41, 5.74) is 1.07.